The van der Waals surface area contributed by atoms with Gasteiger partial charge in [0.05, 0.1) is 0 Å². The summed E-state index contributed by atoms with van der Waals surface area (Å²) in [5.74, 6) is 0.733. The van der Waals surface area contributed by atoms with Gasteiger partial charge in [-0.1, -0.05) is 6.07 Å². The number of nitrogen functional groups attached to an aromatic ring is 1. The lowest BCUT2D eigenvalue weighted by molar-refractivity contribution is 0.313. The summed E-state index contributed by atoms with van der Waals surface area (Å²) in [4.78, 5) is 2.61. The van der Waals surface area contributed by atoms with Crippen LogP contribution in [0.4, 0.5) is 5.69 Å². The molecule has 1 aliphatic carbocycles. The molecule has 0 aromatic heterocycles. The molecule has 1 aliphatic heterocycles. The van der Waals surface area contributed by atoms with Crippen LogP contribution in [0.1, 0.15) is 36.3 Å². The van der Waals surface area contributed by atoms with E-state index in [-0.39, 0.29) is 0 Å². The summed E-state index contributed by atoms with van der Waals surface area (Å²) in [7, 11) is 0. The number of rotatable bonds is 2. The molecule has 2 heteroatoms. The van der Waals surface area contributed by atoms with Crippen molar-refractivity contribution in [2.24, 2.45) is 0 Å². The number of anilines is 1. The molecular weight excluding hydrogens is 196 g/mol. The maximum absolute atomic E-state index is 5.89. The lowest BCUT2D eigenvalue weighted by atomic mass is 10.0. The van der Waals surface area contributed by atoms with Gasteiger partial charge in [-0.05, 0) is 68.0 Å². The van der Waals surface area contributed by atoms with Crippen molar-refractivity contribution >= 4 is 5.69 Å². The predicted molar refractivity (Wildman–Crippen MR) is 67.6 cm³/mol. The minimum atomic E-state index is 0.733. The fourth-order valence-corrected chi connectivity index (χ4v) is 3.17. The predicted octanol–water partition coefficient (Wildman–Crippen LogP) is 2.39. The van der Waals surface area contributed by atoms with Crippen LogP contribution in [0.2, 0.25) is 0 Å². The lowest BCUT2D eigenvalue weighted by Crippen LogP contribution is -2.24. The molecule has 1 heterocycles. The second kappa shape index (κ2) is 4.10. The first-order chi connectivity index (χ1) is 7.83. The Bertz CT molecular complexity index is 380. The molecule has 2 aliphatic rings. The summed E-state index contributed by atoms with van der Waals surface area (Å²) in [5.41, 5.74) is 9.86. The number of hydrogen-bond donors (Lipinski definition) is 1. The first-order valence-corrected chi connectivity index (χ1v) is 6.43. The topological polar surface area (TPSA) is 29.3 Å². The zero-order valence-electron chi connectivity index (χ0n) is 9.78. The third kappa shape index (κ3) is 1.82. The molecule has 0 radical (unpaired) electrons. The van der Waals surface area contributed by atoms with E-state index < -0.39 is 0 Å². The zero-order valence-corrected chi connectivity index (χ0v) is 9.78. The van der Waals surface area contributed by atoms with E-state index in [0.29, 0.717) is 0 Å². The van der Waals surface area contributed by atoms with E-state index in [4.69, 9.17) is 5.73 Å². The van der Waals surface area contributed by atoms with E-state index >= 15 is 0 Å². The molecular formula is C14H20N2. The average molecular weight is 216 g/mol. The van der Waals surface area contributed by atoms with Crippen molar-refractivity contribution in [1.29, 1.82) is 0 Å². The van der Waals surface area contributed by atoms with E-state index in [9.17, 15) is 0 Å². The van der Waals surface area contributed by atoms with Crippen molar-refractivity contribution in [1.82, 2.24) is 4.90 Å². The Labute approximate surface area is 97.4 Å². The molecule has 1 fully saturated rings. The van der Waals surface area contributed by atoms with Gasteiger partial charge in [-0.15, -0.1) is 0 Å². The Balaban J connectivity index is 1.77. The number of likely N-dealkylation sites (tertiary alicyclic amines) is 1. The zero-order chi connectivity index (χ0) is 11.0. The summed E-state index contributed by atoms with van der Waals surface area (Å²) in [6.07, 6.45) is 5.33. The Kier molecular flexibility index (Phi) is 2.60. The highest BCUT2D eigenvalue weighted by Crippen LogP contribution is 2.35. The quantitative estimate of drug-likeness (QED) is 0.769. The molecule has 2 N–H and O–H groups in total. The third-order valence-corrected chi connectivity index (χ3v) is 4.05. The first kappa shape index (κ1) is 10.2. The third-order valence-electron chi connectivity index (χ3n) is 4.05. The van der Waals surface area contributed by atoms with Gasteiger partial charge in [0.25, 0.3) is 0 Å². The van der Waals surface area contributed by atoms with Crippen molar-refractivity contribution < 1.29 is 0 Å². The van der Waals surface area contributed by atoms with Crippen molar-refractivity contribution in [2.45, 2.75) is 31.6 Å². The number of benzene rings is 1. The lowest BCUT2D eigenvalue weighted by Gasteiger charge is -2.20. The number of nitrogens with two attached hydrogens (primary N) is 1. The normalized spacial score (nSPS) is 24.9. The Morgan fingerprint density at radius 2 is 2.06 bits per heavy atom. The van der Waals surface area contributed by atoms with Gasteiger partial charge in [0.15, 0.2) is 0 Å². The van der Waals surface area contributed by atoms with Gasteiger partial charge in [0.2, 0.25) is 0 Å². The van der Waals surface area contributed by atoms with E-state index in [1.54, 1.807) is 0 Å². The fraction of sp³-hybridized carbons (Fsp3) is 0.571. The molecule has 1 aromatic rings. The monoisotopic (exact) mass is 216 g/mol. The largest absolute Gasteiger partial charge is 0.399 e. The van der Waals surface area contributed by atoms with E-state index in [1.165, 1.54) is 56.4 Å². The maximum Gasteiger partial charge on any atom is 0.0317 e. The highest BCUT2D eigenvalue weighted by atomic mass is 15.1. The average Bonchev–Trinajstić information content (AvgIpc) is 2.90. The number of nitrogens with zero attached hydrogens (tertiary/aromatic N) is 1. The van der Waals surface area contributed by atoms with Gasteiger partial charge in [-0.2, -0.15) is 0 Å². The fourth-order valence-electron chi connectivity index (χ4n) is 3.17. The van der Waals surface area contributed by atoms with Gasteiger partial charge in [-0.3, -0.25) is 0 Å². The van der Waals surface area contributed by atoms with Gasteiger partial charge in [0.1, 0.15) is 0 Å². The smallest absolute Gasteiger partial charge is 0.0317 e. The molecule has 16 heavy (non-hydrogen) atoms. The molecule has 0 spiro atoms. The number of fused-ring (bicyclic) bond motifs is 1. The minimum absolute atomic E-state index is 0.733. The molecule has 1 saturated heterocycles. The maximum atomic E-state index is 5.89. The Hall–Kier alpha value is -1.02. The van der Waals surface area contributed by atoms with Crippen LogP contribution >= 0.6 is 0 Å². The Morgan fingerprint density at radius 3 is 2.88 bits per heavy atom. The molecule has 1 unspecified atom stereocenters. The number of aryl methyl sites for hydroxylation is 1. The standard InChI is InChI=1S/C14H20N2/c15-13-6-5-11-3-4-12(14(11)9-13)10-16-7-1-2-8-16/h5-6,9,12H,1-4,7-8,10,15H2. The molecule has 86 valence electrons. The van der Waals surface area contributed by atoms with Gasteiger partial charge in [0, 0.05) is 12.2 Å². The molecule has 1 aromatic carbocycles. The summed E-state index contributed by atoms with van der Waals surface area (Å²) >= 11 is 0. The highest BCUT2D eigenvalue weighted by molar-refractivity contribution is 5.48. The first-order valence-electron chi connectivity index (χ1n) is 6.43. The summed E-state index contributed by atoms with van der Waals surface area (Å²) in [5, 5.41) is 0. The molecule has 2 nitrogen and oxygen atoms in total. The molecule has 0 amide bonds. The van der Waals surface area contributed by atoms with Gasteiger partial charge >= 0.3 is 0 Å². The SMILES string of the molecule is Nc1ccc2c(c1)C(CN1CCCC1)CC2. The van der Waals surface area contributed by atoms with Crippen molar-refractivity contribution in [3.63, 3.8) is 0 Å². The van der Waals surface area contributed by atoms with Crippen molar-refractivity contribution in [3.05, 3.63) is 29.3 Å². The summed E-state index contributed by atoms with van der Waals surface area (Å²) in [6.45, 7) is 3.85. The second-order valence-corrected chi connectivity index (χ2v) is 5.20. The molecule has 1 atom stereocenters. The molecule has 3 rings (SSSR count). The van der Waals surface area contributed by atoms with Crippen LogP contribution in [0.25, 0.3) is 0 Å². The Morgan fingerprint density at radius 1 is 1.25 bits per heavy atom. The molecule has 0 saturated carbocycles. The van der Waals surface area contributed by atoms with Crippen LogP contribution < -0.4 is 5.73 Å². The van der Waals surface area contributed by atoms with Crippen LogP contribution in [-0.2, 0) is 6.42 Å². The van der Waals surface area contributed by atoms with E-state index in [0.717, 1.165) is 11.6 Å². The van der Waals surface area contributed by atoms with Crippen molar-refractivity contribution in [3.8, 4) is 0 Å². The van der Waals surface area contributed by atoms with Crippen molar-refractivity contribution in [2.75, 3.05) is 25.4 Å². The molecule has 0 bridgehead atoms. The minimum Gasteiger partial charge on any atom is -0.399 e. The summed E-state index contributed by atoms with van der Waals surface area (Å²) in [6, 6.07) is 6.45. The summed E-state index contributed by atoms with van der Waals surface area (Å²) < 4.78 is 0. The van der Waals surface area contributed by atoms with E-state index in [1.807, 2.05) is 6.07 Å². The number of hydrogen-bond acceptors (Lipinski definition) is 2. The van der Waals surface area contributed by atoms with Crippen LogP contribution in [0.5, 0.6) is 0 Å². The highest BCUT2D eigenvalue weighted by Gasteiger charge is 2.25. The van der Waals surface area contributed by atoms with E-state index in [2.05, 4.69) is 17.0 Å². The van der Waals surface area contributed by atoms with Crippen LogP contribution in [0.15, 0.2) is 18.2 Å². The van der Waals surface area contributed by atoms with Crippen LogP contribution in [0.3, 0.4) is 0 Å². The van der Waals surface area contributed by atoms with Gasteiger partial charge < -0.3 is 10.6 Å². The van der Waals surface area contributed by atoms with Crippen LogP contribution in [0, 0.1) is 0 Å². The van der Waals surface area contributed by atoms with Crippen LogP contribution in [-0.4, -0.2) is 24.5 Å². The van der Waals surface area contributed by atoms with Gasteiger partial charge in [-0.25, -0.2) is 0 Å². The second-order valence-electron chi connectivity index (χ2n) is 5.20.